The minimum Gasteiger partial charge on any atom is -0.325 e. The van der Waals surface area contributed by atoms with Crippen LogP contribution in [0, 0.1) is 33.3 Å². The Bertz CT molecular complexity index is 730. The molecule has 6 heteroatoms. The molecule has 26 heavy (non-hydrogen) atoms. The van der Waals surface area contributed by atoms with Crippen molar-refractivity contribution in [1.82, 2.24) is 4.90 Å². The highest BCUT2D eigenvalue weighted by Crippen LogP contribution is 2.61. The number of nitro groups is 1. The summed E-state index contributed by atoms with van der Waals surface area (Å²) in [7, 11) is 0. The predicted molar refractivity (Wildman–Crippen MR) is 101 cm³/mol. The van der Waals surface area contributed by atoms with Gasteiger partial charge >= 0.3 is 0 Å². The van der Waals surface area contributed by atoms with Crippen molar-refractivity contribution < 1.29 is 9.72 Å². The van der Waals surface area contributed by atoms with Crippen molar-refractivity contribution in [2.75, 3.05) is 12.3 Å². The van der Waals surface area contributed by atoms with E-state index in [1.165, 1.54) is 38.5 Å². The number of para-hydroxylation sites is 1. The number of nitrogens with zero attached hydrogens (tertiary/aromatic N) is 2. The fraction of sp³-hybridized carbons (Fsp3) is 0.650. The van der Waals surface area contributed by atoms with Crippen molar-refractivity contribution in [3.05, 3.63) is 39.9 Å². The zero-order valence-corrected chi connectivity index (χ0v) is 15.6. The summed E-state index contributed by atoms with van der Waals surface area (Å²) in [6.45, 7) is 0.791. The number of benzene rings is 1. The minimum absolute atomic E-state index is 0.134. The summed E-state index contributed by atoms with van der Waals surface area (Å²) in [4.78, 5) is 25.8. The zero-order valence-electron chi connectivity index (χ0n) is 14.8. The normalized spacial score (nSPS) is 38.2. The van der Waals surface area contributed by atoms with Crippen LogP contribution in [0.15, 0.2) is 24.3 Å². The first kappa shape index (κ1) is 16.6. The summed E-state index contributed by atoms with van der Waals surface area (Å²) >= 11 is 1.54. The Morgan fingerprint density at radius 1 is 1.12 bits per heavy atom. The highest BCUT2D eigenvalue weighted by Gasteiger charge is 2.53. The lowest BCUT2D eigenvalue weighted by molar-refractivity contribution is -0.385. The van der Waals surface area contributed by atoms with E-state index in [9.17, 15) is 14.9 Å². The number of carbonyl (C=O) groups is 1. The van der Waals surface area contributed by atoms with E-state index in [4.69, 9.17) is 0 Å². The average molecular weight is 372 g/mol. The Morgan fingerprint density at radius 3 is 2.35 bits per heavy atom. The molecular formula is C20H24N2O3S. The number of rotatable bonds is 4. The Morgan fingerprint density at radius 2 is 1.73 bits per heavy atom. The van der Waals surface area contributed by atoms with E-state index in [0.29, 0.717) is 11.3 Å². The molecule has 1 saturated heterocycles. The van der Waals surface area contributed by atoms with Crippen molar-refractivity contribution in [3.8, 4) is 0 Å². The van der Waals surface area contributed by atoms with Crippen molar-refractivity contribution in [2.24, 2.45) is 23.2 Å². The van der Waals surface area contributed by atoms with Gasteiger partial charge in [-0.2, -0.15) is 0 Å². The van der Waals surface area contributed by atoms with Gasteiger partial charge in [0.1, 0.15) is 5.37 Å². The molecule has 1 heterocycles. The number of nitro benzene ring substituents is 1. The Labute approximate surface area is 157 Å². The van der Waals surface area contributed by atoms with Gasteiger partial charge in [0.25, 0.3) is 5.69 Å². The van der Waals surface area contributed by atoms with Gasteiger partial charge in [0, 0.05) is 12.6 Å². The molecule has 0 radical (unpaired) electrons. The van der Waals surface area contributed by atoms with E-state index in [1.807, 2.05) is 17.0 Å². The minimum atomic E-state index is -0.318. The first-order valence-electron chi connectivity index (χ1n) is 9.67. The smallest absolute Gasteiger partial charge is 0.275 e. The average Bonchev–Trinajstić information content (AvgIpc) is 2.93. The zero-order chi connectivity index (χ0) is 17.9. The Balaban J connectivity index is 1.44. The van der Waals surface area contributed by atoms with Gasteiger partial charge in [-0.1, -0.05) is 12.1 Å². The largest absolute Gasteiger partial charge is 0.325 e. The van der Waals surface area contributed by atoms with Gasteiger partial charge < -0.3 is 4.90 Å². The van der Waals surface area contributed by atoms with Crippen LogP contribution in [0.2, 0.25) is 0 Å². The van der Waals surface area contributed by atoms with Crippen molar-refractivity contribution >= 4 is 23.4 Å². The maximum absolute atomic E-state index is 12.7. The maximum Gasteiger partial charge on any atom is 0.275 e. The standard InChI is InChI=1S/C20H24N2O3S/c23-18-11-26-19(16-3-1-2-4-17(16)22(24)25)21(18)12-20-8-13-5-14(9-20)7-15(6-13)10-20/h1-4,13-15,19H,5-12H2/t13?,14?,15?,19-,20?/m0/s1. The second-order valence-electron chi connectivity index (χ2n) is 8.92. The van der Waals surface area contributed by atoms with Crippen LogP contribution < -0.4 is 0 Å². The summed E-state index contributed by atoms with van der Waals surface area (Å²) in [6.07, 6.45) is 7.89. The lowest BCUT2D eigenvalue weighted by atomic mass is 9.49. The van der Waals surface area contributed by atoms with Gasteiger partial charge in [-0.05, 0) is 67.8 Å². The van der Waals surface area contributed by atoms with Crippen molar-refractivity contribution in [1.29, 1.82) is 0 Å². The first-order valence-corrected chi connectivity index (χ1v) is 10.7. The molecule has 138 valence electrons. The van der Waals surface area contributed by atoms with Crippen molar-refractivity contribution in [2.45, 2.75) is 43.9 Å². The fourth-order valence-corrected chi connectivity index (χ4v) is 7.81. The Kier molecular flexibility index (Phi) is 3.82. The number of thioether (sulfide) groups is 1. The molecule has 5 nitrogen and oxygen atoms in total. The molecule has 5 fully saturated rings. The van der Waals surface area contributed by atoms with Crippen LogP contribution in [0.4, 0.5) is 5.69 Å². The van der Waals surface area contributed by atoms with Crippen LogP contribution in [0.1, 0.15) is 49.5 Å². The van der Waals surface area contributed by atoms with Crippen molar-refractivity contribution in [3.63, 3.8) is 0 Å². The van der Waals surface area contributed by atoms with Crippen LogP contribution in [0.5, 0.6) is 0 Å². The molecule has 5 aliphatic rings. The number of amides is 1. The van der Waals surface area contributed by atoms with Crippen LogP contribution in [-0.4, -0.2) is 28.0 Å². The lowest BCUT2D eigenvalue weighted by Gasteiger charge is -2.57. The molecule has 1 aromatic rings. The summed E-state index contributed by atoms with van der Waals surface area (Å²) in [5.74, 6) is 3.11. The van der Waals surface area contributed by atoms with E-state index < -0.39 is 0 Å². The third kappa shape index (κ3) is 2.65. The maximum atomic E-state index is 12.7. The van der Waals surface area contributed by atoms with E-state index in [1.54, 1.807) is 23.9 Å². The van der Waals surface area contributed by atoms with E-state index in [0.717, 1.165) is 24.3 Å². The lowest BCUT2D eigenvalue weighted by Crippen LogP contribution is -2.51. The fourth-order valence-electron chi connectivity index (χ4n) is 6.59. The molecule has 1 aromatic carbocycles. The molecule has 0 unspecified atom stereocenters. The highest BCUT2D eigenvalue weighted by atomic mass is 32.2. The SMILES string of the molecule is O=C1CS[C@@H](c2ccccc2[N+](=O)[O-])N1CC12CC3CC(CC(C3)C1)C2. The third-order valence-corrected chi connectivity index (χ3v) is 8.28. The van der Waals surface area contributed by atoms with Crippen LogP contribution >= 0.6 is 11.8 Å². The molecular weight excluding hydrogens is 348 g/mol. The second kappa shape index (κ2) is 5.98. The van der Waals surface area contributed by atoms with Gasteiger partial charge in [-0.15, -0.1) is 11.8 Å². The van der Waals surface area contributed by atoms with Crippen LogP contribution in [-0.2, 0) is 4.79 Å². The molecule has 0 aromatic heterocycles. The van der Waals surface area contributed by atoms with Gasteiger partial charge in [-0.3, -0.25) is 14.9 Å². The van der Waals surface area contributed by atoms with E-state index in [-0.39, 0.29) is 27.3 Å². The van der Waals surface area contributed by atoms with Crippen LogP contribution in [0.3, 0.4) is 0 Å². The molecule has 0 N–H and O–H groups in total. The van der Waals surface area contributed by atoms with E-state index >= 15 is 0 Å². The molecule has 1 aliphatic heterocycles. The van der Waals surface area contributed by atoms with Gasteiger partial charge in [-0.25, -0.2) is 0 Å². The molecule has 4 bridgehead atoms. The predicted octanol–water partition coefficient (Wildman–Crippen LogP) is 4.39. The summed E-state index contributed by atoms with van der Waals surface area (Å²) < 4.78 is 0. The van der Waals surface area contributed by atoms with Gasteiger partial charge in [0.2, 0.25) is 5.91 Å². The second-order valence-corrected chi connectivity index (χ2v) is 9.99. The number of hydrogen-bond donors (Lipinski definition) is 0. The molecule has 6 rings (SSSR count). The molecule has 0 spiro atoms. The third-order valence-electron chi connectivity index (χ3n) is 7.04. The molecule has 4 saturated carbocycles. The Hall–Kier alpha value is -1.56. The number of carbonyl (C=O) groups excluding carboxylic acids is 1. The van der Waals surface area contributed by atoms with E-state index in [2.05, 4.69) is 0 Å². The summed E-state index contributed by atoms with van der Waals surface area (Å²) in [6, 6.07) is 6.92. The first-order chi connectivity index (χ1) is 12.5. The van der Waals surface area contributed by atoms with Gasteiger partial charge in [0.05, 0.1) is 16.2 Å². The monoisotopic (exact) mass is 372 g/mol. The van der Waals surface area contributed by atoms with Gasteiger partial charge in [0.15, 0.2) is 0 Å². The highest BCUT2D eigenvalue weighted by molar-refractivity contribution is 8.00. The quantitative estimate of drug-likeness (QED) is 0.581. The molecule has 1 atom stereocenters. The number of hydrogen-bond acceptors (Lipinski definition) is 4. The summed E-state index contributed by atoms with van der Waals surface area (Å²) in [5.41, 5.74) is 1.07. The topological polar surface area (TPSA) is 63.4 Å². The van der Waals surface area contributed by atoms with Crippen LogP contribution in [0.25, 0.3) is 0 Å². The molecule has 4 aliphatic carbocycles. The molecule has 1 amide bonds. The summed E-state index contributed by atoms with van der Waals surface area (Å²) in [5, 5.41) is 11.3.